The monoisotopic (exact) mass is 521 g/mol. The first kappa shape index (κ1) is 24.3. The van der Waals surface area contributed by atoms with Gasteiger partial charge >= 0.3 is 0 Å². The van der Waals surface area contributed by atoms with Crippen LogP contribution in [0.25, 0.3) is 11.0 Å². The lowest BCUT2D eigenvalue weighted by molar-refractivity contribution is 0.0730. The lowest BCUT2D eigenvalue weighted by Crippen LogP contribution is -2.31. The molecule has 0 spiro atoms. The fraction of sp³-hybridized carbons (Fsp3) is 0.214. The summed E-state index contributed by atoms with van der Waals surface area (Å²) in [6.45, 7) is 0.379. The Morgan fingerprint density at radius 1 is 0.972 bits per heavy atom. The molecule has 0 aliphatic carbocycles. The third kappa shape index (κ3) is 4.22. The van der Waals surface area contributed by atoms with Gasteiger partial charge in [0.05, 0.1) is 31.2 Å². The van der Waals surface area contributed by atoms with Gasteiger partial charge in [-0.15, -0.1) is 11.8 Å². The zero-order chi connectivity index (χ0) is 25.4. The minimum Gasteiger partial charge on any atom is -0.493 e. The average Bonchev–Trinajstić information content (AvgIpc) is 3.19. The van der Waals surface area contributed by atoms with Gasteiger partial charge in [0.25, 0.3) is 5.91 Å². The lowest BCUT2D eigenvalue weighted by Gasteiger charge is -2.25. The second-order valence-electron chi connectivity index (χ2n) is 8.43. The number of methoxy groups -OCH3 is 2. The standard InChI is InChI=1S/C28H24ClNO5S/c1-33-22-10-4-16(14-23(22)34-2)12-13-30-25(17-5-8-19(36-3)9-6-17)24-26(31)20-15-18(29)7-11-21(20)35-27(24)28(30)32/h4-11,14-15,25H,12-13H2,1-3H3. The van der Waals surface area contributed by atoms with Crippen LogP contribution in [-0.4, -0.2) is 37.8 Å². The van der Waals surface area contributed by atoms with Gasteiger partial charge in [0.1, 0.15) is 5.58 Å². The van der Waals surface area contributed by atoms with Crippen LogP contribution in [0.15, 0.2) is 74.8 Å². The van der Waals surface area contributed by atoms with E-state index < -0.39 is 6.04 Å². The Kier molecular flexibility index (Phi) is 6.69. The van der Waals surface area contributed by atoms with Gasteiger partial charge in [-0.3, -0.25) is 9.59 Å². The Morgan fingerprint density at radius 2 is 1.72 bits per heavy atom. The van der Waals surface area contributed by atoms with E-state index in [1.807, 2.05) is 48.7 Å². The maximum atomic E-state index is 13.7. The summed E-state index contributed by atoms with van der Waals surface area (Å²) in [6.07, 6.45) is 2.56. The van der Waals surface area contributed by atoms with Crippen molar-refractivity contribution in [3.05, 3.63) is 98.4 Å². The quantitative estimate of drug-likeness (QED) is 0.279. The van der Waals surface area contributed by atoms with Gasteiger partial charge in [-0.05, 0) is 66.3 Å². The molecule has 0 saturated carbocycles. The summed E-state index contributed by atoms with van der Waals surface area (Å²) >= 11 is 7.80. The highest BCUT2D eigenvalue weighted by Gasteiger charge is 2.42. The van der Waals surface area contributed by atoms with Crippen LogP contribution in [0.3, 0.4) is 0 Å². The Hall–Kier alpha value is -3.42. The molecule has 6 nitrogen and oxygen atoms in total. The maximum Gasteiger partial charge on any atom is 0.290 e. The molecule has 1 aliphatic rings. The largest absolute Gasteiger partial charge is 0.493 e. The van der Waals surface area contributed by atoms with E-state index in [0.29, 0.717) is 46.0 Å². The summed E-state index contributed by atoms with van der Waals surface area (Å²) in [7, 11) is 3.18. The van der Waals surface area contributed by atoms with Crippen molar-refractivity contribution in [1.29, 1.82) is 0 Å². The lowest BCUT2D eigenvalue weighted by atomic mass is 9.98. The van der Waals surface area contributed by atoms with Crippen LogP contribution in [0.5, 0.6) is 11.5 Å². The molecule has 1 aromatic heterocycles. The van der Waals surface area contributed by atoms with E-state index in [-0.39, 0.29) is 17.1 Å². The third-order valence-electron chi connectivity index (χ3n) is 6.45. The molecule has 8 heteroatoms. The van der Waals surface area contributed by atoms with Gasteiger partial charge in [0.15, 0.2) is 16.9 Å². The van der Waals surface area contributed by atoms with Gasteiger partial charge in [0, 0.05) is 16.5 Å². The first-order valence-corrected chi connectivity index (χ1v) is 13.0. The number of nitrogens with zero attached hydrogens (tertiary/aromatic N) is 1. The zero-order valence-corrected chi connectivity index (χ0v) is 21.6. The number of hydrogen-bond acceptors (Lipinski definition) is 6. The van der Waals surface area contributed by atoms with Crippen LogP contribution in [0, 0.1) is 0 Å². The smallest absolute Gasteiger partial charge is 0.290 e. The minimum absolute atomic E-state index is 0.0843. The fourth-order valence-electron chi connectivity index (χ4n) is 4.64. The van der Waals surface area contributed by atoms with Gasteiger partial charge in [-0.2, -0.15) is 0 Å². The van der Waals surface area contributed by atoms with E-state index in [1.54, 1.807) is 49.1 Å². The molecule has 0 N–H and O–H groups in total. The topological polar surface area (TPSA) is 69.0 Å². The average molecular weight is 522 g/mol. The number of thioether (sulfide) groups is 1. The van der Waals surface area contributed by atoms with Crippen LogP contribution in [0.1, 0.15) is 33.3 Å². The van der Waals surface area contributed by atoms with Crippen molar-refractivity contribution in [3.8, 4) is 11.5 Å². The summed E-state index contributed by atoms with van der Waals surface area (Å²) in [5.74, 6) is 1.03. The molecular weight excluding hydrogens is 498 g/mol. The van der Waals surface area contributed by atoms with Gasteiger partial charge in [-0.1, -0.05) is 29.8 Å². The molecule has 0 saturated heterocycles. The molecular formula is C28H24ClNO5S. The summed E-state index contributed by atoms with van der Waals surface area (Å²) in [5.41, 5.74) is 2.27. The summed E-state index contributed by atoms with van der Waals surface area (Å²) in [5, 5.41) is 0.798. The highest BCUT2D eigenvalue weighted by atomic mass is 35.5. The van der Waals surface area contributed by atoms with E-state index in [4.69, 9.17) is 25.5 Å². The van der Waals surface area contributed by atoms with Crippen molar-refractivity contribution in [3.63, 3.8) is 0 Å². The molecule has 3 aromatic carbocycles. The molecule has 1 atom stereocenters. The maximum absolute atomic E-state index is 13.7. The second kappa shape index (κ2) is 9.91. The predicted octanol–water partition coefficient (Wildman–Crippen LogP) is 5.97. The third-order valence-corrected chi connectivity index (χ3v) is 7.43. The zero-order valence-electron chi connectivity index (χ0n) is 20.0. The first-order valence-electron chi connectivity index (χ1n) is 11.4. The van der Waals surface area contributed by atoms with Gasteiger partial charge in [-0.25, -0.2) is 0 Å². The second-order valence-corrected chi connectivity index (χ2v) is 9.74. The van der Waals surface area contributed by atoms with Crippen LogP contribution in [0.2, 0.25) is 5.02 Å². The molecule has 1 aliphatic heterocycles. The Balaban J connectivity index is 1.58. The fourth-order valence-corrected chi connectivity index (χ4v) is 5.22. The molecule has 184 valence electrons. The summed E-state index contributed by atoms with van der Waals surface area (Å²) in [6, 6.07) is 17.9. The number of benzene rings is 3. The first-order chi connectivity index (χ1) is 17.4. The number of halogens is 1. The molecule has 1 amide bonds. The van der Waals surface area contributed by atoms with E-state index >= 15 is 0 Å². The summed E-state index contributed by atoms with van der Waals surface area (Å²) < 4.78 is 16.8. The van der Waals surface area contributed by atoms with E-state index in [9.17, 15) is 9.59 Å². The SMILES string of the molecule is COc1ccc(CCN2C(=O)c3oc4ccc(Cl)cc4c(=O)c3C2c2ccc(SC)cc2)cc1OC. The highest BCUT2D eigenvalue weighted by molar-refractivity contribution is 7.98. The number of ether oxygens (including phenoxy) is 2. The molecule has 0 fully saturated rings. The Labute approximate surface area is 217 Å². The van der Waals surface area contributed by atoms with E-state index in [2.05, 4.69) is 0 Å². The van der Waals surface area contributed by atoms with Crippen LogP contribution >= 0.6 is 23.4 Å². The van der Waals surface area contributed by atoms with E-state index in [0.717, 1.165) is 16.0 Å². The van der Waals surface area contributed by atoms with Gasteiger partial charge in [0.2, 0.25) is 5.76 Å². The predicted molar refractivity (Wildman–Crippen MR) is 142 cm³/mol. The van der Waals surface area contributed by atoms with Crippen molar-refractivity contribution in [2.45, 2.75) is 17.4 Å². The van der Waals surface area contributed by atoms with Crippen LogP contribution in [0.4, 0.5) is 0 Å². The molecule has 0 bridgehead atoms. The molecule has 1 unspecified atom stereocenters. The van der Waals surface area contributed by atoms with Crippen molar-refractivity contribution in [2.24, 2.45) is 0 Å². The molecule has 2 heterocycles. The van der Waals surface area contributed by atoms with Crippen molar-refractivity contribution in [2.75, 3.05) is 27.0 Å². The van der Waals surface area contributed by atoms with Crippen molar-refractivity contribution in [1.82, 2.24) is 4.90 Å². The van der Waals surface area contributed by atoms with Crippen LogP contribution in [-0.2, 0) is 6.42 Å². The summed E-state index contributed by atoms with van der Waals surface area (Å²) in [4.78, 5) is 30.1. The molecule has 5 rings (SSSR count). The van der Waals surface area contributed by atoms with E-state index in [1.165, 1.54) is 0 Å². The Bertz CT molecular complexity index is 1520. The van der Waals surface area contributed by atoms with Crippen molar-refractivity contribution >= 4 is 40.2 Å². The van der Waals surface area contributed by atoms with Crippen LogP contribution < -0.4 is 14.9 Å². The molecule has 36 heavy (non-hydrogen) atoms. The number of carbonyl (C=O) groups is 1. The number of amides is 1. The number of hydrogen-bond donors (Lipinski definition) is 0. The van der Waals surface area contributed by atoms with Crippen molar-refractivity contribution < 1.29 is 18.7 Å². The number of carbonyl (C=O) groups excluding carboxylic acids is 1. The molecule has 0 radical (unpaired) electrons. The normalized spacial score (nSPS) is 14.8. The molecule has 4 aromatic rings. The Morgan fingerprint density at radius 3 is 2.42 bits per heavy atom. The number of rotatable bonds is 7. The highest BCUT2D eigenvalue weighted by Crippen LogP contribution is 2.39. The van der Waals surface area contributed by atoms with Gasteiger partial charge < -0.3 is 18.8 Å². The number of fused-ring (bicyclic) bond motifs is 2. The minimum atomic E-state index is -0.566.